The number of nitrogens with one attached hydrogen (secondary N) is 7. The van der Waals surface area contributed by atoms with Gasteiger partial charge in [-0.25, -0.2) is 0 Å². The van der Waals surface area contributed by atoms with E-state index in [-0.39, 0.29) is 82.2 Å². The van der Waals surface area contributed by atoms with Crippen molar-refractivity contribution < 1.29 is 47.9 Å². The predicted molar refractivity (Wildman–Crippen MR) is 281 cm³/mol. The summed E-state index contributed by atoms with van der Waals surface area (Å²) >= 11 is 0. The van der Waals surface area contributed by atoms with Gasteiger partial charge >= 0.3 is 0 Å². The number of primary amides is 2. The summed E-state index contributed by atoms with van der Waals surface area (Å²) in [5, 5.41) is 18.9. The lowest BCUT2D eigenvalue weighted by Gasteiger charge is -2.37. The van der Waals surface area contributed by atoms with Crippen molar-refractivity contribution in [1.29, 1.82) is 0 Å². The first kappa shape index (κ1) is 60.4. The Morgan fingerprint density at radius 2 is 1.49 bits per heavy atom. The Balaban J connectivity index is 1.74. The van der Waals surface area contributed by atoms with Crippen LogP contribution in [0, 0.1) is 5.92 Å². The minimum Gasteiger partial charge on any atom is -0.370 e. The van der Waals surface area contributed by atoms with E-state index in [9.17, 15) is 47.9 Å². The maximum atomic E-state index is 14.9. The predicted octanol–water partition coefficient (Wildman–Crippen LogP) is -2.07. The molecule has 3 fully saturated rings. The van der Waals surface area contributed by atoms with Crippen LogP contribution in [0.4, 0.5) is 0 Å². The van der Waals surface area contributed by atoms with Crippen LogP contribution in [0.2, 0.25) is 0 Å². The zero-order valence-electron chi connectivity index (χ0n) is 42.3. The van der Waals surface area contributed by atoms with Gasteiger partial charge in [0.05, 0.1) is 13.0 Å². The Morgan fingerprint density at radius 3 is 2.14 bits per heavy atom. The second-order valence-electron chi connectivity index (χ2n) is 19.1. The summed E-state index contributed by atoms with van der Waals surface area (Å²) in [6.07, 6.45) is 4.63. The quantitative estimate of drug-likeness (QED) is 0.0307. The third-order valence-electron chi connectivity index (χ3n) is 13.3. The van der Waals surface area contributed by atoms with Crippen molar-refractivity contribution in [3.05, 3.63) is 35.9 Å². The largest absolute Gasteiger partial charge is 0.370 e. The van der Waals surface area contributed by atoms with Gasteiger partial charge in [-0.1, -0.05) is 91.5 Å². The SMILES string of the molecule is CC[C@H](C)[C@@H]1NC(=O)CC2(CCCCC2)SSC[C@@H](C(=O)N2CCC[C@@H]2C(=O)N[C@@H](CCCN=C(N)N)C(=O)NCC(N)=O)NC(=O)[C@H](CC(N)=O)NC(=O)[C@H](CCCN)NC(=O)[C@@H](Cc2ccccc2)NC1=O. The molecule has 10 amide bonds. The van der Waals surface area contributed by atoms with Crippen molar-refractivity contribution in [3.8, 4) is 0 Å². The molecular weight excluding hydrogens is 997 g/mol. The second-order valence-corrected chi connectivity index (χ2v) is 21.9. The van der Waals surface area contributed by atoms with Gasteiger partial charge in [0.15, 0.2) is 5.96 Å². The summed E-state index contributed by atoms with van der Waals surface area (Å²) in [6, 6.07) is -0.0696. The molecule has 4 rings (SSSR count). The van der Waals surface area contributed by atoms with E-state index in [1.807, 2.05) is 13.8 Å². The van der Waals surface area contributed by atoms with Crippen LogP contribution >= 0.6 is 21.6 Å². The number of carbonyl (C=O) groups excluding carboxylic acids is 10. The summed E-state index contributed by atoms with van der Waals surface area (Å²) in [4.78, 5) is 143. The maximum absolute atomic E-state index is 14.9. The first-order valence-corrected chi connectivity index (χ1v) is 27.6. The van der Waals surface area contributed by atoms with E-state index in [1.54, 1.807) is 30.3 Å². The zero-order valence-corrected chi connectivity index (χ0v) is 44.0. The molecule has 17 N–H and O–H groups in total. The molecule has 1 saturated carbocycles. The summed E-state index contributed by atoms with van der Waals surface area (Å²) in [7, 11) is 2.61. The highest BCUT2D eigenvalue weighted by Gasteiger charge is 2.42. The lowest BCUT2D eigenvalue weighted by atomic mass is 9.85. The van der Waals surface area contributed by atoms with Gasteiger partial charge in [-0.15, -0.1) is 0 Å². The van der Waals surface area contributed by atoms with E-state index in [4.69, 9.17) is 28.7 Å². The summed E-state index contributed by atoms with van der Waals surface area (Å²) in [6.45, 7) is 3.53. The van der Waals surface area contributed by atoms with Gasteiger partial charge in [-0.2, -0.15) is 0 Å². The van der Waals surface area contributed by atoms with Crippen LogP contribution in [0.3, 0.4) is 0 Å². The molecule has 24 nitrogen and oxygen atoms in total. The Kier molecular flexibility index (Phi) is 24.7. The number of likely N-dealkylation sites (tertiary alicyclic amines) is 1. The average molecular weight is 1070 g/mol. The van der Waals surface area contributed by atoms with E-state index in [0.717, 1.165) is 19.3 Å². The first-order valence-electron chi connectivity index (χ1n) is 25.3. The van der Waals surface area contributed by atoms with Crippen LogP contribution in [0.5, 0.6) is 0 Å². The number of nitrogens with two attached hydrogens (primary N) is 5. The van der Waals surface area contributed by atoms with E-state index in [0.29, 0.717) is 31.2 Å². The Labute approximate surface area is 439 Å². The van der Waals surface area contributed by atoms with Crippen LogP contribution in [-0.4, -0.2) is 149 Å². The molecule has 0 bridgehead atoms. The van der Waals surface area contributed by atoms with Gasteiger partial charge in [0.1, 0.15) is 42.3 Å². The van der Waals surface area contributed by atoms with Crippen molar-refractivity contribution >= 4 is 86.6 Å². The van der Waals surface area contributed by atoms with E-state index in [2.05, 4.69) is 42.2 Å². The highest BCUT2D eigenvalue weighted by Crippen LogP contribution is 2.48. The molecule has 1 aromatic carbocycles. The van der Waals surface area contributed by atoms with Crippen molar-refractivity contribution in [2.45, 2.75) is 157 Å². The van der Waals surface area contributed by atoms with Crippen LogP contribution in [0.25, 0.3) is 0 Å². The number of carbonyl (C=O) groups is 10. The maximum Gasteiger partial charge on any atom is 0.246 e. The molecule has 0 aromatic heterocycles. The molecule has 3 aliphatic rings. The third kappa shape index (κ3) is 19.3. The van der Waals surface area contributed by atoms with Gasteiger partial charge in [0.2, 0.25) is 59.1 Å². The fraction of sp³-hybridized carbons (Fsp3) is 0.646. The van der Waals surface area contributed by atoms with Crippen LogP contribution < -0.4 is 65.9 Å². The molecule has 26 heteroatoms. The monoisotopic (exact) mass is 1070 g/mol. The molecule has 74 heavy (non-hydrogen) atoms. The summed E-state index contributed by atoms with van der Waals surface area (Å²) in [5.41, 5.74) is 28.3. The number of rotatable bonds is 19. The minimum atomic E-state index is -1.66. The van der Waals surface area contributed by atoms with Gasteiger partial charge in [-0.3, -0.25) is 52.9 Å². The highest BCUT2D eigenvalue weighted by atomic mass is 33.1. The molecule has 0 unspecified atom stereocenters. The molecule has 1 aromatic rings. The van der Waals surface area contributed by atoms with Crippen molar-refractivity contribution in [2.24, 2.45) is 39.6 Å². The zero-order chi connectivity index (χ0) is 54.4. The normalized spacial score (nSPS) is 24.1. The molecule has 0 radical (unpaired) electrons. The number of guanidine groups is 1. The van der Waals surface area contributed by atoms with E-state index in [1.165, 1.54) is 26.5 Å². The summed E-state index contributed by atoms with van der Waals surface area (Å²) in [5.74, 6) is -8.11. The minimum absolute atomic E-state index is 0.00777. The fourth-order valence-corrected chi connectivity index (χ4v) is 12.5. The molecule has 2 aliphatic heterocycles. The highest BCUT2D eigenvalue weighted by molar-refractivity contribution is 8.77. The van der Waals surface area contributed by atoms with Crippen molar-refractivity contribution in [2.75, 3.05) is 31.9 Å². The van der Waals surface area contributed by atoms with Gasteiger partial charge in [0.25, 0.3) is 0 Å². The molecular formula is C48H76N14O10S2. The lowest BCUT2D eigenvalue weighted by molar-refractivity contribution is -0.142. The number of amides is 10. The van der Waals surface area contributed by atoms with E-state index < -0.39 is 119 Å². The standard InChI is InChI=1S/C48H76N14O10S2/c1-3-28(2)39-45(71)59-32(23-29-13-6-4-7-14-29)42(68)56-31(15-10-20-49)41(67)58-33(24-36(50)63)43(69)60-34(27-73-74-48(25-38(65)61-39)18-8-5-9-19-48)46(72)62-22-12-17-35(62)44(70)57-30(16-11-21-54-47(52)53)40(66)55-26-37(51)64/h4,6-7,13-14,28,30-35,39H,3,5,8-12,15-27,49H2,1-2H3,(H2,50,63)(H2,51,64)(H,55,66)(H,56,68)(H,57,70)(H,58,67)(H,59,71)(H,60,69)(H,61,65)(H4,52,53,54)/t28-,30-,31-,32+,33-,34-,35+,39-/m0/s1. The number of benzene rings is 1. The van der Waals surface area contributed by atoms with Crippen molar-refractivity contribution in [3.63, 3.8) is 0 Å². The topological polar surface area (TPSA) is 401 Å². The average Bonchev–Trinajstić information content (AvgIpc) is 3.86. The number of hydrogen-bond donors (Lipinski definition) is 12. The van der Waals surface area contributed by atoms with Gasteiger partial charge in [0, 0.05) is 36.4 Å². The molecule has 1 aliphatic carbocycles. The molecule has 1 spiro atoms. The number of hydrogen-bond acceptors (Lipinski definition) is 14. The van der Waals surface area contributed by atoms with Crippen LogP contribution in [0.15, 0.2) is 35.3 Å². The summed E-state index contributed by atoms with van der Waals surface area (Å²) < 4.78 is -0.667. The smallest absolute Gasteiger partial charge is 0.246 e. The van der Waals surface area contributed by atoms with E-state index >= 15 is 0 Å². The van der Waals surface area contributed by atoms with Crippen LogP contribution in [0.1, 0.15) is 109 Å². The molecule has 410 valence electrons. The Morgan fingerprint density at radius 1 is 0.824 bits per heavy atom. The van der Waals surface area contributed by atoms with Gasteiger partial charge < -0.3 is 70.8 Å². The fourth-order valence-electron chi connectivity index (χ4n) is 9.09. The third-order valence-corrected chi connectivity index (χ3v) is 16.6. The Bertz CT molecular complexity index is 2160. The van der Waals surface area contributed by atoms with Crippen LogP contribution in [-0.2, 0) is 54.4 Å². The van der Waals surface area contributed by atoms with Gasteiger partial charge in [-0.05, 0) is 69.4 Å². The molecule has 2 saturated heterocycles. The second kappa shape index (κ2) is 30.3. The first-order chi connectivity index (χ1) is 35.3. The molecule has 2 heterocycles. The lowest BCUT2D eigenvalue weighted by Crippen LogP contribution is -2.61. The Hall–Kier alpha value is -6.15. The number of nitrogens with zero attached hydrogens (tertiary/aromatic N) is 2. The van der Waals surface area contributed by atoms with Crippen molar-refractivity contribution in [1.82, 2.24) is 42.1 Å². The number of aliphatic imine (C=N–C) groups is 1. The molecule has 8 atom stereocenters.